The second-order valence-electron chi connectivity index (χ2n) is 7.78. The van der Waals surface area contributed by atoms with Crippen LogP contribution in [0, 0.1) is 0 Å². The number of hydrogen-bond acceptors (Lipinski definition) is 3. The number of benzene rings is 1. The Hall–Kier alpha value is -1.65. The third kappa shape index (κ3) is 10.4. The molecular weight excluding hydrogens is 340 g/mol. The van der Waals surface area contributed by atoms with Gasteiger partial charge in [0.2, 0.25) is 0 Å². The van der Waals surface area contributed by atoms with Crippen molar-refractivity contribution in [2.75, 3.05) is 13.2 Å². The van der Waals surface area contributed by atoms with Crippen molar-refractivity contribution >= 4 is 14.0 Å². The molecule has 0 saturated heterocycles. The predicted octanol–water partition coefficient (Wildman–Crippen LogP) is 5.76. The summed E-state index contributed by atoms with van der Waals surface area (Å²) < 4.78 is 10.9. The summed E-state index contributed by atoms with van der Waals surface area (Å²) in [5.74, 6) is -0.150. The quantitative estimate of drug-likeness (QED) is 0.162. The summed E-state index contributed by atoms with van der Waals surface area (Å²) in [5.41, 5.74) is 3.32. The molecule has 0 amide bonds. The first-order valence-electron chi connectivity index (χ1n) is 9.45. The van der Waals surface area contributed by atoms with Crippen molar-refractivity contribution in [2.45, 2.75) is 59.0 Å². The maximum Gasteiger partial charge on any atom is 0.333 e. The van der Waals surface area contributed by atoms with Gasteiger partial charge < -0.3 is 9.47 Å². The van der Waals surface area contributed by atoms with E-state index in [9.17, 15) is 4.79 Å². The molecule has 0 unspecified atom stereocenters. The molecule has 0 bridgehead atoms. The molecule has 4 heteroatoms. The van der Waals surface area contributed by atoms with Crippen molar-refractivity contribution in [1.29, 1.82) is 0 Å². The summed E-state index contributed by atoms with van der Waals surface area (Å²) in [7, 11) is -1.35. The maximum absolute atomic E-state index is 12.1. The summed E-state index contributed by atoms with van der Waals surface area (Å²) in [4.78, 5) is 12.1. The van der Waals surface area contributed by atoms with Crippen LogP contribution in [0.3, 0.4) is 0 Å². The number of rotatable bonds is 11. The van der Waals surface area contributed by atoms with Crippen LogP contribution >= 0.6 is 0 Å². The highest BCUT2D eigenvalue weighted by atomic mass is 28.3. The second kappa shape index (κ2) is 11.9. The molecule has 0 aliphatic heterocycles. The monoisotopic (exact) mass is 374 g/mol. The van der Waals surface area contributed by atoms with E-state index in [0.717, 1.165) is 24.5 Å². The maximum atomic E-state index is 12.1. The van der Waals surface area contributed by atoms with Gasteiger partial charge in [-0.15, -0.1) is 0 Å². The minimum Gasteiger partial charge on any atom is -0.463 e. The largest absolute Gasteiger partial charge is 0.463 e. The van der Waals surface area contributed by atoms with E-state index in [0.29, 0.717) is 19.8 Å². The summed E-state index contributed by atoms with van der Waals surface area (Å²) in [6.45, 7) is 12.5. The number of allylic oxidation sites excluding steroid dienone is 2. The van der Waals surface area contributed by atoms with Gasteiger partial charge in [0.15, 0.2) is 0 Å². The van der Waals surface area contributed by atoms with Gasteiger partial charge in [-0.25, -0.2) is 4.79 Å². The summed E-state index contributed by atoms with van der Waals surface area (Å²) >= 11 is 0. The summed E-state index contributed by atoms with van der Waals surface area (Å²) in [6.07, 6.45) is 5.99. The van der Waals surface area contributed by atoms with Crippen LogP contribution in [0.15, 0.2) is 53.6 Å². The lowest BCUT2D eigenvalue weighted by molar-refractivity contribution is -0.138. The average Bonchev–Trinajstić information content (AvgIpc) is 2.58. The molecule has 0 spiro atoms. The topological polar surface area (TPSA) is 35.5 Å². The standard InChI is InChI=1S/C22H34O3Si/c1-6-25-22(23)21(18-26(3,4)5)14-10-11-19(2)15-16-24-17-20-12-8-7-9-13-20/h7-9,12-15H,6,10-11,16-18H2,1-5H3/b19-15+,21-14+. The van der Waals surface area contributed by atoms with Crippen LogP contribution in [0.5, 0.6) is 0 Å². The number of hydrogen-bond donors (Lipinski definition) is 0. The lowest BCUT2D eigenvalue weighted by Gasteiger charge is -2.17. The molecule has 0 aliphatic carbocycles. The van der Waals surface area contributed by atoms with E-state index in [1.54, 1.807) is 0 Å². The third-order valence-electron chi connectivity index (χ3n) is 3.85. The third-order valence-corrected chi connectivity index (χ3v) is 5.29. The second-order valence-corrected chi connectivity index (χ2v) is 13.3. The smallest absolute Gasteiger partial charge is 0.333 e. The fourth-order valence-corrected chi connectivity index (χ4v) is 3.98. The molecule has 0 radical (unpaired) electrons. The van der Waals surface area contributed by atoms with Gasteiger partial charge >= 0.3 is 5.97 Å². The number of ether oxygens (including phenoxy) is 2. The van der Waals surface area contributed by atoms with Crippen LogP contribution < -0.4 is 0 Å². The van der Waals surface area contributed by atoms with Crippen molar-refractivity contribution in [3.05, 3.63) is 59.2 Å². The fraction of sp³-hybridized carbons (Fsp3) is 0.500. The van der Waals surface area contributed by atoms with Gasteiger partial charge in [0.25, 0.3) is 0 Å². The van der Waals surface area contributed by atoms with Crippen LogP contribution in [-0.4, -0.2) is 27.3 Å². The van der Waals surface area contributed by atoms with E-state index in [2.05, 4.69) is 50.8 Å². The first-order chi connectivity index (χ1) is 12.3. The SMILES string of the molecule is CCOC(=O)/C(=C/CC/C(C)=C/COCc1ccccc1)C[Si](C)(C)C. The molecule has 1 rings (SSSR count). The minimum absolute atomic E-state index is 0.150. The highest BCUT2D eigenvalue weighted by molar-refractivity contribution is 6.77. The predicted molar refractivity (Wildman–Crippen MR) is 112 cm³/mol. The lowest BCUT2D eigenvalue weighted by Crippen LogP contribution is -2.23. The Morgan fingerprint density at radius 2 is 1.81 bits per heavy atom. The molecule has 1 aromatic rings. The van der Waals surface area contributed by atoms with Crippen LogP contribution in [0.25, 0.3) is 0 Å². The van der Waals surface area contributed by atoms with Crippen LogP contribution in [0.1, 0.15) is 32.3 Å². The normalized spacial score (nSPS) is 13.0. The van der Waals surface area contributed by atoms with E-state index < -0.39 is 8.07 Å². The van der Waals surface area contributed by atoms with Crippen molar-refractivity contribution in [2.24, 2.45) is 0 Å². The van der Waals surface area contributed by atoms with Crippen molar-refractivity contribution in [3.63, 3.8) is 0 Å². The first-order valence-corrected chi connectivity index (χ1v) is 13.2. The van der Waals surface area contributed by atoms with Gasteiger partial charge in [0, 0.05) is 13.6 Å². The molecule has 1 aromatic carbocycles. The van der Waals surface area contributed by atoms with Gasteiger partial charge in [0.1, 0.15) is 0 Å². The average molecular weight is 375 g/mol. The Morgan fingerprint density at radius 3 is 2.42 bits per heavy atom. The molecule has 0 aliphatic rings. The van der Waals surface area contributed by atoms with Crippen LogP contribution in [0.4, 0.5) is 0 Å². The molecule has 0 aromatic heterocycles. The fourth-order valence-electron chi connectivity index (χ4n) is 2.55. The summed E-state index contributed by atoms with van der Waals surface area (Å²) in [5, 5.41) is 0. The highest BCUT2D eigenvalue weighted by Crippen LogP contribution is 2.19. The van der Waals surface area contributed by atoms with Crippen molar-refractivity contribution in [1.82, 2.24) is 0 Å². The molecule has 0 atom stereocenters. The van der Waals surface area contributed by atoms with E-state index in [-0.39, 0.29) is 5.97 Å². The Labute approximate surface area is 160 Å². The van der Waals surface area contributed by atoms with Gasteiger partial charge in [-0.3, -0.25) is 0 Å². The van der Waals surface area contributed by atoms with Gasteiger partial charge in [-0.05, 0) is 38.3 Å². The molecule has 26 heavy (non-hydrogen) atoms. The van der Waals surface area contributed by atoms with Crippen LogP contribution in [-0.2, 0) is 20.9 Å². The Morgan fingerprint density at radius 1 is 1.12 bits per heavy atom. The molecule has 144 valence electrons. The molecule has 0 heterocycles. The van der Waals surface area contributed by atoms with E-state index >= 15 is 0 Å². The lowest BCUT2D eigenvalue weighted by atomic mass is 10.1. The van der Waals surface area contributed by atoms with Gasteiger partial charge in [-0.1, -0.05) is 67.7 Å². The zero-order valence-corrected chi connectivity index (χ0v) is 18.0. The molecule has 0 saturated carbocycles. The Kier molecular flexibility index (Phi) is 10.2. The Bertz CT molecular complexity index is 598. The zero-order chi connectivity index (χ0) is 19.4. The Balaban J connectivity index is 2.44. The molecule has 0 N–H and O–H groups in total. The van der Waals surface area contributed by atoms with Crippen LogP contribution in [0.2, 0.25) is 25.7 Å². The van der Waals surface area contributed by atoms with Crippen molar-refractivity contribution < 1.29 is 14.3 Å². The highest BCUT2D eigenvalue weighted by Gasteiger charge is 2.20. The minimum atomic E-state index is -1.35. The summed E-state index contributed by atoms with van der Waals surface area (Å²) in [6, 6.07) is 11.1. The van der Waals surface area contributed by atoms with E-state index in [1.807, 2.05) is 25.1 Å². The number of esters is 1. The first kappa shape index (κ1) is 22.4. The van der Waals surface area contributed by atoms with Crippen molar-refractivity contribution in [3.8, 4) is 0 Å². The van der Waals surface area contributed by atoms with E-state index in [4.69, 9.17) is 9.47 Å². The van der Waals surface area contributed by atoms with E-state index in [1.165, 1.54) is 11.1 Å². The molecular formula is C22H34O3Si. The van der Waals surface area contributed by atoms with Gasteiger partial charge in [-0.2, -0.15) is 0 Å². The molecule has 3 nitrogen and oxygen atoms in total. The zero-order valence-electron chi connectivity index (χ0n) is 17.0. The number of carbonyl (C=O) groups is 1. The molecule has 0 fully saturated rings. The number of carbonyl (C=O) groups excluding carboxylic acids is 1. The van der Waals surface area contributed by atoms with Gasteiger partial charge in [0.05, 0.1) is 19.8 Å².